The van der Waals surface area contributed by atoms with Crippen LogP contribution < -0.4 is 0 Å². The van der Waals surface area contributed by atoms with Crippen LogP contribution in [0.2, 0.25) is 0 Å². The van der Waals surface area contributed by atoms with Crippen LogP contribution in [0.15, 0.2) is 11.6 Å². The standard InChI is InChI=1S/C15H24O4/c1-10(2)8-13(16)9-15(3,19)12-6-4-11(5-7-12)14(17)18/h4,10,12,19H,5-9H2,1-3H3,(H,17,18). The summed E-state index contributed by atoms with van der Waals surface area (Å²) in [5.74, 6) is -0.540. The van der Waals surface area contributed by atoms with Crippen LogP contribution in [0.3, 0.4) is 0 Å². The van der Waals surface area contributed by atoms with Gasteiger partial charge in [-0.25, -0.2) is 4.79 Å². The minimum Gasteiger partial charge on any atom is -0.478 e. The van der Waals surface area contributed by atoms with E-state index >= 15 is 0 Å². The van der Waals surface area contributed by atoms with Crippen LogP contribution >= 0.6 is 0 Å². The Balaban J connectivity index is 2.59. The summed E-state index contributed by atoms with van der Waals surface area (Å²) in [4.78, 5) is 22.6. The van der Waals surface area contributed by atoms with E-state index in [-0.39, 0.29) is 18.1 Å². The highest BCUT2D eigenvalue weighted by molar-refractivity contribution is 5.86. The minimum atomic E-state index is -1.04. The number of Topliss-reactive ketones (excluding diaryl/α,β-unsaturated/α-hetero) is 1. The van der Waals surface area contributed by atoms with Crippen LogP contribution in [0.4, 0.5) is 0 Å². The third-order valence-corrected chi connectivity index (χ3v) is 3.76. The Labute approximate surface area is 114 Å². The molecule has 0 bridgehead atoms. The summed E-state index contributed by atoms with van der Waals surface area (Å²) < 4.78 is 0. The van der Waals surface area contributed by atoms with Gasteiger partial charge in [-0.3, -0.25) is 4.79 Å². The van der Waals surface area contributed by atoms with Crippen LogP contribution in [-0.4, -0.2) is 27.6 Å². The number of carbonyl (C=O) groups excluding carboxylic acids is 1. The fraction of sp³-hybridized carbons (Fsp3) is 0.733. The average molecular weight is 268 g/mol. The fourth-order valence-corrected chi connectivity index (χ4v) is 2.66. The Kier molecular flexibility index (Phi) is 5.29. The molecular weight excluding hydrogens is 244 g/mol. The van der Waals surface area contributed by atoms with Crippen LogP contribution in [0, 0.1) is 11.8 Å². The summed E-state index contributed by atoms with van der Waals surface area (Å²) in [5.41, 5.74) is -0.618. The predicted octanol–water partition coefficient (Wildman–Crippen LogP) is 2.55. The summed E-state index contributed by atoms with van der Waals surface area (Å²) in [6.07, 6.45) is 3.95. The van der Waals surface area contributed by atoms with E-state index in [0.717, 1.165) is 0 Å². The van der Waals surface area contributed by atoms with Gasteiger partial charge < -0.3 is 10.2 Å². The summed E-state index contributed by atoms with van der Waals surface area (Å²) in [6.45, 7) is 5.65. The maximum atomic E-state index is 11.8. The first-order chi connectivity index (χ1) is 8.72. The van der Waals surface area contributed by atoms with Gasteiger partial charge in [-0.2, -0.15) is 0 Å². The van der Waals surface area contributed by atoms with Crippen molar-refractivity contribution in [3.8, 4) is 0 Å². The molecule has 2 N–H and O–H groups in total. The summed E-state index contributed by atoms with van der Waals surface area (Å²) in [6, 6.07) is 0. The van der Waals surface area contributed by atoms with E-state index in [4.69, 9.17) is 5.11 Å². The van der Waals surface area contributed by atoms with Gasteiger partial charge in [0, 0.05) is 18.4 Å². The van der Waals surface area contributed by atoms with Crippen molar-refractivity contribution in [2.24, 2.45) is 11.8 Å². The first-order valence-corrected chi connectivity index (χ1v) is 6.88. The zero-order valence-corrected chi connectivity index (χ0v) is 12.0. The molecule has 1 aliphatic carbocycles. The highest BCUT2D eigenvalue weighted by Gasteiger charge is 2.35. The minimum absolute atomic E-state index is 0.0355. The van der Waals surface area contributed by atoms with E-state index in [0.29, 0.717) is 37.2 Å². The Morgan fingerprint density at radius 3 is 2.53 bits per heavy atom. The van der Waals surface area contributed by atoms with Crippen molar-refractivity contribution >= 4 is 11.8 Å². The smallest absolute Gasteiger partial charge is 0.331 e. The molecule has 0 fully saturated rings. The van der Waals surface area contributed by atoms with Gasteiger partial charge in [-0.1, -0.05) is 19.9 Å². The van der Waals surface area contributed by atoms with Gasteiger partial charge in [0.1, 0.15) is 5.78 Å². The molecule has 0 amide bonds. The summed E-state index contributed by atoms with van der Waals surface area (Å²) in [5, 5.41) is 19.3. The lowest BCUT2D eigenvalue weighted by Gasteiger charge is -2.34. The largest absolute Gasteiger partial charge is 0.478 e. The third kappa shape index (κ3) is 4.78. The third-order valence-electron chi connectivity index (χ3n) is 3.76. The lowest BCUT2D eigenvalue weighted by molar-refractivity contribution is -0.133. The quantitative estimate of drug-likeness (QED) is 0.776. The molecule has 0 aromatic carbocycles. The molecular formula is C15H24O4. The van der Waals surface area contributed by atoms with E-state index in [1.807, 2.05) is 13.8 Å². The van der Waals surface area contributed by atoms with Gasteiger partial charge in [0.05, 0.1) is 5.60 Å². The van der Waals surface area contributed by atoms with Gasteiger partial charge in [-0.05, 0) is 38.0 Å². The molecule has 0 saturated heterocycles. The molecule has 108 valence electrons. The Morgan fingerprint density at radius 2 is 2.11 bits per heavy atom. The highest BCUT2D eigenvalue weighted by Crippen LogP contribution is 2.34. The number of aliphatic carboxylic acids is 1. The number of carboxylic acids is 1. The van der Waals surface area contributed by atoms with Crippen LogP contribution in [0.25, 0.3) is 0 Å². The number of hydrogen-bond acceptors (Lipinski definition) is 3. The maximum absolute atomic E-state index is 11.8. The second kappa shape index (κ2) is 6.33. The molecule has 1 aliphatic rings. The molecule has 4 heteroatoms. The number of aliphatic hydroxyl groups is 1. The first kappa shape index (κ1) is 15.9. The van der Waals surface area contributed by atoms with Crippen molar-refractivity contribution in [1.82, 2.24) is 0 Å². The zero-order chi connectivity index (χ0) is 14.6. The number of rotatable bonds is 6. The predicted molar refractivity (Wildman–Crippen MR) is 72.8 cm³/mol. The van der Waals surface area contributed by atoms with Crippen molar-refractivity contribution in [2.45, 2.75) is 58.5 Å². The summed E-state index contributed by atoms with van der Waals surface area (Å²) >= 11 is 0. The average Bonchev–Trinajstić information content (AvgIpc) is 2.27. The molecule has 4 nitrogen and oxygen atoms in total. The number of allylic oxidation sites excluding steroid dienone is 1. The molecule has 0 radical (unpaired) electrons. The van der Waals surface area contributed by atoms with Crippen molar-refractivity contribution in [1.29, 1.82) is 0 Å². The molecule has 0 heterocycles. The summed E-state index contributed by atoms with van der Waals surface area (Å²) in [7, 11) is 0. The van der Waals surface area contributed by atoms with E-state index in [2.05, 4.69) is 0 Å². The molecule has 2 atom stereocenters. The molecule has 1 rings (SSSR count). The van der Waals surface area contributed by atoms with Crippen molar-refractivity contribution in [3.05, 3.63) is 11.6 Å². The lowest BCUT2D eigenvalue weighted by Crippen LogP contribution is -2.38. The van der Waals surface area contributed by atoms with E-state index in [1.165, 1.54) is 0 Å². The number of ketones is 1. The number of carboxylic acid groups (broad SMARTS) is 1. The fourth-order valence-electron chi connectivity index (χ4n) is 2.66. The molecule has 0 aromatic heterocycles. The zero-order valence-electron chi connectivity index (χ0n) is 12.0. The molecule has 0 spiro atoms. The molecule has 0 aliphatic heterocycles. The monoisotopic (exact) mass is 268 g/mol. The number of carbonyl (C=O) groups is 2. The SMILES string of the molecule is CC(C)CC(=O)CC(C)(O)C1CC=C(C(=O)O)CC1. The van der Waals surface area contributed by atoms with Crippen LogP contribution in [0.1, 0.15) is 52.9 Å². The molecule has 0 saturated carbocycles. The molecule has 0 aromatic rings. The highest BCUT2D eigenvalue weighted by atomic mass is 16.4. The van der Waals surface area contributed by atoms with E-state index < -0.39 is 11.6 Å². The van der Waals surface area contributed by atoms with Gasteiger partial charge in [-0.15, -0.1) is 0 Å². The van der Waals surface area contributed by atoms with Crippen molar-refractivity contribution < 1.29 is 19.8 Å². The van der Waals surface area contributed by atoms with Gasteiger partial charge in [0.15, 0.2) is 0 Å². The van der Waals surface area contributed by atoms with Gasteiger partial charge in [0.25, 0.3) is 0 Å². The maximum Gasteiger partial charge on any atom is 0.331 e. The van der Waals surface area contributed by atoms with Gasteiger partial charge >= 0.3 is 5.97 Å². The van der Waals surface area contributed by atoms with Crippen molar-refractivity contribution in [3.63, 3.8) is 0 Å². The Hall–Kier alpha value is -1.16. The Morgan fingerprint density at radius 1 is 1.47 bits per heavy atom. The van der Waals surface area contributed by atoms with Crippen LogP contribution in [0.5, 0.6) is 0 Å². The van der Waals surface area contributed by atoms with Crippen LogP contribution in [-0.2, 0) is 9.59 Å². The second-order valence-corrected chi connectivity index (χ2v) is 6.18. The molecule has 2 unspecified atom stereocenters. The molecule has 19 heavy (non-hydrogen) atoms. The van der Waals surface area contributed by atoms with Gasteiger partial charge in [0.2, 0.25) is 0 Å². The topological polar surface area (TPSA) is 74.6 Å². The van der Waals surface area contributed by atoms with E-state index in [9.17, 15) is 14.7 Å². The number of hydrogen-bond donors (Lipinski definition) is 2. The lowest BCUT2D eigenvalue weighted by atomic mass is 9.75. The first-order valence-electron chi connectivity index (χ1n) is 6.88. The second-order valence-electron chi connectivity index (χ2n) is 6.18. The van der Waals surface area contributed by atoms with Crippen molar-refractivity contribution in [2.75, 3.05) is 0 Å². The van der Waals surface area contributed by atoms with E-state index in [1.54, 1.807) is 13.0 Å². The normalized spacial score (nSPS) is 22.8. The Bertz CT molecular complexity index is 380.